The number of aromatic nitrogens is 2. The summed E-state index contributed by atoms with van der Waals surface area (Å²) in [7, 11) is 0. The Morgan fingerprint density at radius 1 is 1.03 bits per heavy atom. The van der Waals surface area contributed by atoms with E-state index in [0.29, 0.717) is 6.54 Å². The van der Waals surface area contributed by atoms with Gasteiger partial charge in [-0.15, -0.1) is 0 Å². The van der Waals surface area contributed by atoms with Crippen molar-refractivity contribution in [1.82, 2.24) is 14.5 Å². The number of hydrogen-bond donors (Lipinski definition) is 1. The lowest BCUT2D eigenvalue weighted by Crippen LogP contribution is -2.40. The van der Waals surface area contributed by atoms with Gasteiger partial charge in [-0.25, -0.2) is 4.98 Å². The second-order valence-electron chi connectivity index (χ2n) is 8.80. The minimum absolute atomic E-state index is 0.0357. The van der Waals surface area contributed by atoms with Gasteiger partial charge in [0.15, 0.2) is 0 Å². The number of hydrogen-bond acceptors (Lipinski definition) is 3. The molecule has 5 rings (SSSR count). The number of likely N-dealkylation sites (tertiary alicyclic amines) is 1. The second kappa shape index (κ2) is 10.3. The lowest BCUT2D eigenvalue weighted by molar-refractivity contribution is -0.121. The van der Waals surface area contributed by atoms with Gasteiger partial charge in [-0.05, 0) is 73.5 Å². The highest BCUT2D eigenvalue weighted by molar-refractivity contribution is 9.10. The molecule has 0 saturated carbocycles. The molecule has 1 amide bonds. The van der Waals surface area contributed by atoms with Gasteiger partial charge in [0.1, 0.15) is 5.82 Å². The minimum atomic E-state index is -0.0357. The summed E-state index contributed by atoms with van der Waals surface area (Å²) in [5.41, 5.74) is 4.12. The number of imidazole rings is 1. The van der Waals surface area contributed by atoms with E-state index in [1.54, 1.807) is 0 Å². The van der Waals surface area contributed by atoms with Gasteiger partial charge in [0.2, 0.25) is 5.91 Å². The van der Waals surface area contributed by atoms with E-state index >= 15 is 0 Å². The van der Waals surface area contributed by atoms with Crippen molar-refractivity contribution in [2.45, 2.75) is 25.9 Å². The highest BCUT2D eigenvalue weighted by Gasteiger charge is 2.27. The first-order valence-corrected chi connectivity index (χ1v) is 12.7. The van der Waals surface area contributed by atoms with Gasteiger partial charge in [0.25, 0.3) is 0 Å². The predicted molar refractivity (Wildman–Crippen MR) is 141 cm³/mol. The summed E-state index contributed by atoms with van der Waals surface area (Å²) in [4.78, 5) is 20.3. The van der Waals surface area contributed by atoms with Crippen LogP contribution in [0.2, 0.25) is 5.02 Å². The maximum Gasteiger partial charge on any atom is 0.228 e. The number of nitrogens with one attached hydrogen (secondary N) is 1. The molecule has 0 aliphatic carbocycles. The maximum absolute atomic E-state index is 12.9. The Hall–Kier alpha value is -2.67. The summed E-state index contributed by atoms with van der Waals surface area (Å²) in [5, 5.41) is 3.81. The van der Waals surface area contributed by atoms with E-state index in [9.17, 15) is 4.79 Å². The monoisotopic (exact) mass is 536 g/mol. The second-order valence-corrected chi connectivity index (χ2v) is 10.2. The number of halogens is 2. The van der Waals surface area contributed by atoms with Crippen molar-refractivity contribution in [2.24, 2.45) is 5.92 Å². The van der Waals surface area contributed by atoms with Crippen molar-refractivity contribution in [2.75, 3.05) is 18.4 Å². The number of amides is 1. The molecule has 1 fully saturated rings. The number of fused-ring (bicyclic) bond motifs is 1. The third kappa shape index (κ3) is 5.35. The van der Waals surface area contributed by atoms with Crippen LogP contribution in [0.25, 0.3) is 11.0 Å². The Bertz CT molecular complexity index is 1290. The minimum Gasteiger partial charge on any atom is -0.326 e. The van der Waals surface area contributed by atoms with E-state index in [-0.39, 0.29) is 11.8 Å². The molecular formula is C27H26BrClN4O. The molecule has 7 heteroatoms. The SMILES string of the molecule is O=C(Nc1ccc(Br)cc1)[C@H]1CCCN(Cc2nc3ccccc3n2Cc2ccc(Cl)cc2)C1. The van der Waals surface area contributed by atoms with Crippen molar-refractivity contribution >= 4 is 50.2 Å². The zero-order valence-corrected chi connectivity index (χ0v) is 21.1. The van der Waals surface area contributed by atoms with Crippen LogP contribution < -0.4 is 5.32 Å². The molecule has 4 aromatic rings. The normalized spacial score (nSPS) is 16.6. The van der Waals surface area contributed by atoms with Gasteiger partial charge >= 0.3 is 0 Å². The lowest BCUT2D eigenvalue weighted by Gasteiger charge is -2.31. The number of piperidine rings is 1. The molecule has 1 aromatic heterocycles. The molecule has 1 saturated heterocycles. The average molecular weight is 538 g/mol. The first-order chi connectivity index (χ1) is 16.5. The molecular weight excluding hydrogens is 512 g/mol. The first-order valence-electron chi connectivity index (χ1n) is 11.5. The van der Waals surface area contributed by atoms with Gasteiger partial charge < -0.3 is 9.88 Å². The maximum atomic E-state index is 12.9. The fraction of sp³-hybridized carbons (Fsp3) is 0.259. The standard InChI is InChI=1S/C27H26BrClN4O/c28-21-9-13-23(14-10-21)30-27(34)20-4-3-15-32(17-20)18-26-31-24-5-1-2-6-25(24)33(26)16-19-7-11-22(29)12-8-19/h1-2,5-14,20H,3-4,15-18H2,(H,30,34)/t20-/m0/s1. The topological polar surface area (TPSA) is 50.2 Å². The molecule has 1 N–H and O–H groups in total. The number of nitrogens with zero attached hydrogens (tertiary/aromatic N) is 3. The van der Waals surface area contributed by atoms with E-state index in [2.05, 4.69) is 61.0 Å². The Morgan fingerprint density at radius 2 is 1.79 bits per heavy atom. The zero-order valence-electron chi connectivity index (χ0n) is 18.8. The van der Waals surface area contributed by atoms with Crippen LogP contribution in [-0.2, 0) is 17.9 Å². The molecule has 3 aromatic carbocycles. The summed E-state index contributed by atoms with van der Waals surface area (Å²) < 4.78 is 3.28. The van der Waals surface area contributed by atoms with Crippen LogP contribution in [0.3, 0.4) is 0 Å². The fourth-order valence-corrected chi connectivity index (χ4v) is 4.98. The Balaban J connectivity index is 1.32. The summed E-state index contributed by atoms with van der Waals surface area (Å²) >= 11 is 9.52. The van der Waals surface area contributed by atoms with E-state index < -0.39 is 0 Å². The van der Waals surface area contributed by atoms with E-state index in [1.807, 2.05) is 42.5 Å². The third-order valence-electron chi connectivity index (χ3n) is 6.34. The van der Waals surface area contributed by atoms with Crippen LogP contribution in [0, 0.1) is 5.92 Å². The van der Waals surface area contributed by atoms with Crippen molar-refractivity contribution in [1.29, 1.82) is 0 Å². The highest BCUT2D eigenvalue weighted by atomic mass is 79.9. The molecule has 1 aliphatic rings. The predicted octanol–water partition coefficient (Wildman–Crippen LogP) is 6.35. The molecule has 0 bridgehead atoms. The molecule has 0 unspecified atom stereocenters. The molecule has 0 spiro atoms. The van der Waals surface area contributed by atoms with Crippen LogP contribution in [0.4, 0.5) is 5.69 Å². The number of para-hydroxylation sites is 2. The third-order valence-corrected chi connectivity index (χ3v) is 7.12. The molecule has 174 valence electrons. The Labute approximate surface area is 212 Å². The highest BCUT2D eigenvalue weighted by Crippen LogP contribution is 2.24. The summed E-state index contributed by atoms with van der Waals surface area (Å²) in [5.74, 6) is 1.07. The summed E-state index contributed by atoms with van der Waals surface area (Å²) in [6, 6.07) is 23.9. The number of anilines is 1. The van der Waals surface area contributed by atoms with Crippen LogP contribution in [0.1, 0.15) is 24.2 Å². The molecule has 1 aliphatic heterocycles. The lowest BCUT2D eigenvalue weighted by atomic mass is 9.97. The summed E-state index contributed by atoms with van der Waals surface area (Å²) in [6.45, 7) is 3.14. The van der Waals surface area contributed by atoms with Gasteiger partial charge in [-0.2, -0.15) is 0 Å². The smallest absolute Gasteiger partial charge is 0.228 e. The molecule has 34 heavy (non-hydrogen) atoms. The van der Waals surface area contributed by atoms with Crippen molar-refractivity contribution < 1.29 is 4.79 Å². The summed E-state index contributed by atoms with van der Waals surface area (Å²) in [6.07, 6.45) is 1.90. The fourth-order valence-electron chi connectivity index (χ4n) is 4.59. The van der Waals surface area contributed by atoms with Crippen molar-refractivity contribution in [3.8, 4) is 0 Å². The molecule has 2 heterocycles. The number of benzene rings is 3. The largest absolute Gasteiger partial charge is 0.326 e. The van der Waals surface area contributed by atoms with E-state index in [0.717, 1.165) is 64.5 Å². The van der Waals surface area contributed by atoms with Gasteiger partial charge in [-0.3, -0.25) is 9.69 Å². The number of carbonyl (C=O) groups is 1. The van der Waals surface area contributed by atoms with Gasteiger partial charge in [0, 0.05) is 28.3 Å². The van der Waals surface area contributed by atoms with Gasteiger partial charge in [-0.1, -0.05) is 51.8 Å². The van der Waals surface area contributed by atoms with Crippen molar-refractivity contribution in [3.05, 3.63) is 93.7 Å². The van der Waals surface area contributed by atoms with Crippen LogP contribution in [-0.4, -0.2) is 33.4 Å². The number of carbonyl (C=O) groups excluding carboxylic acids is 1. The van der Waals surface area contributed by atoms with Crippen LogP contribution >= 0.6 is 27.5 Å². The van der Waals surface area contributed by atoms with E-state index in [4.69, 9.17) is 16.6 Å². The average Bonchev–Trinajstić information content (AvgIpc) is 3.19. The van der Waals surface area contributed by atoms with E-state index in [1.165, 1.54) is 5.56 Å². The molecule has 0 radical (unpaired) electrons. The quantitative estimate of drug-likeness (QED) is 0.312. The molecule has 5 nitrogen and oxygen atoms in total. The first kappa shape index (κ1) is 23.1. The Kier molecular flexibility index (Phi) is 6.99. The van der Waals surface area contributed by atoms with Crippen LogP contribution in [0.5, 0.6) is 0 Å². The van der Waals surface area contributed by atoms with Crippen molar-refractivity contribution in [3.63, 3.8) is 0 Å². The molecule has 1 atom stereocenters. The van der Waals surface area contributed by atoms with Gasteiger partial charge in [0.05, 0.1) is 23.5 Å². The van der Waals surface area contributed by atoms with Crippen LogP contribution in [0.15, 0.2) is 77.3 Å². The number of rotatable bonds is 6. The zero-order chi connectivity index (χ0) is 23.5. The Morgan fingerprint density at radius 3 is 2.59 bits per heavy atom.